The molecule has 0 radical (unpaired) electrons. The summed E-state index contributed by atoms with van der Waals surface area (Å²) in [5.41, 5.74) is 1.11. The highest BCUT2D eigenvalue weighted by Gasteiger charge is 2.25. The predicted octanol–water partition coefficient (Wildman–Crippen LogP) is 2.70. The van der Waals surface area contributed by atoms with Crippen molar-refractivity contribution in [2.75, 3.05) is 46.9 Å². The third kappa shape index (κ3) is 4.11. The van der Waals surface area contributed by atoms with Gasteiger partial charge < -0.3 is 14.4 Å². The van der Waals surface area contributed by atoms with Gasteiger partial charge in [0.15, 0.2) is 0 Å². The molecule has 25 heavy (non-hydrogen) atoms. The second kappa shape index (κ2) is 7.85. The molecular formula is C20H26N2O3. The maximum absolute atomic E-state index is 12.4. The molecule has 1 atom stereocenters. The number of carbonyl (C=O) groups is 1. The van der Waals surface area contributed by atoms with Crippen LogP contribution in [0.4, 0.5) is 0 Å². The lowest BCUT2D eigenvalue weighted by molar-refractivity contribution is -0.139. The first kappa shape index (κ1) is 17.7. The minimum Gasteiger partial charge on any atom is -0.497 e. The molecule has 2 aromatic rings. The topological polar surface area (TPSA) is 42.0 Å². The Bertz CT molecular complexity index is 747. The quantitative estimate of drug-likeness (QED) is 0.838. The molecule has 0 bridgehead atoms. The fraction of sp³-hybridized carbons (Fsp3) is 0.450. The lowest BCUT2D eigenvalue weighted by atomic mass is 10.0. The van der Waals surface area contributed by atoms with E-state index in [-0.39, 0.29) is 12.0 Å². The number of fused-ring (bicyclic) bond motifs is 1. The molecule has 1 unspecified atom stereocenters. The van der Waals surface area contributed by atoms with Gasteiger partial charge in [-0.3, -0.25) is 9.69 Å². The maximum atomic E-state index is 12.4. The van der Waals surface area contributed by atoms with Crippen molar-refractivity contribution in [3.63, 3.8) is 0 Å². The van der Waals surface area contributed by atoms with Gasteiger partial charge in [0.25, 0.3) is 0 Å². The number of hydrogen-bond donors (Lipinski definition) is 0. The van der Waals surface area contributed by atoms with Crippen molar-refractivity contribution in [2.45, 2.75) is 13.0 Å². The number of amides is 1. The number of methoxy groups -OCH3 is 1. The second-order valence-corrected chi connectivity index (χ2v) is 6.50. The average molecular weight is 342 g/mol. The van der Waals surface area contributed by atoms with Crippen LogP contribution in [0.5, 0.6) is 5.75 Å². The molecule has 0 saturated carbocycles. The predicted molar refractivity (Wildman–Crippen MR) is 98.9 cm³/mol. The summed E-state index contributed by atoms with van der Waals surface area (Å²) in [7, 11) is 3.64. The first-order chi connectivity index (χ1) is 12.1. The number of likely N-dealkylation sites (N-methyl/N-ethyl adjacent to an activating group) is 1. The molecule has 5 nitrogen and oxygen atoms in total. The highest BCUT2D eigenvalue weighted by Crippen LogP contribution is 2.27. The lowest BCUT2D eigenvalue weighted by Crippen LogP contribution is -2.46. The maximum Gasteiger partial charge on any atom is 0.236 e. The Hall–Kier alpha value is -2.11. The molecule has 1 heterocycles. The second-order valence-electron chi connectivity index (χ2n) is 6.50. The smallest absolute Gasteiger partial charge is 0.236 e. The summed E-state index contributed by atoms with van der Waals surface area (Å²) in [6.45, 7) is 5.23. The Morgan fingerprint density at radius 1 is 1.28 bits per heavy atom. The van der Waals surface area contributed by atoms with Gasteiger partial charge >= 0.3 is 0 Å². The van der Waals surface area contributed by atoms with E-state index in [0.29, 0.717) is 26.2 Å². The summed E-state index contributed by atoms with van der Waals surface area (Å²) in [5, 5.41) is 2.28. The highest BCUT2D eigenvalue weighted by atomic mass is 16.5. The van der Waals surface area contributed by atoms with Crippen LogP contribution in [0, 0.1) is 0 Å². The number of hydrogen-bond acceptors (Lipinski definition) is 4. The van der Waals surface area contributed by atoms with Crippen molar-refractivity contribution in [1.82, 2.24) is 9.80 Å². The zero-order valence-corrected chi connectivity index (χ0v) is 15.2. The van der Waals surface area contributed by atoms with E-state index in [1.807, 2.05) is 29.0 Å². The van der Waals surface area contributed by atoms with Crippen LogP contribution in [-0.4, -0.2) is 62.7 Å². The normalized spacial score (nSPS) is 17.9. The van der Waals surface area contributed by atoms with Crippen LogP contribution >= 0.6 is 0 Å². The van der Waals surface area contributed by atoms with E-state index in [4.69, 9.17) is 9.47 Å². The van der Waals surface area contributed by atoms with E-state index < -0.39 is 0 Å². The average Bonchev–Trinajstić information content (AvgIpc) is 2.67. The summed E-state index contributed by atoms with van der Waals surface area (Å²) in [4.78, 5) is 16.4. The van der Waals surface area contributed by atoms with Gasteiger partial charge in [-0.25, -0.2) is 0 Å². The number of nitrogens with zero attached hydrogens (tertiary/aromatic N) is 2. The molecule has 134 valence electrons. The third-order valence-corrected chi connectivity index (χ3v) is 4.81. The summed E-state index contributed by atoms with van der Waals surface area (Å²) >= 11 is 0. The number of benzene rings is 2. The number of morpholine rings is 1. The van der Waals surface area contributed by atoms with E-state index in [0.717, 1.165) is 28.6 Å². The van der Waals surface area contributed by atoms with E-state index in [2.05, 4.69) is 31.2 Å². The Kier molecular flexibility index (Phi) is 5.56. The Morgan fingerprint density at radius 2 is 2.04 bits per heavy atom. The fourth-order valence-corrected chi connectivity index (χ4v) is 3.09. The van der Waals surface area contributed by atoms with Crippen LogP contribution in [0.15, 0.2) is 36.4 Å². The van der Waals surface area contributed by atoms with Gasteiger partial charge in [-0.05, 0) is 48.1 Å². The van der Waals surface area contributed by atoms with Crippen LogP contribution in [0.25, 0.3) is 10.8 Å². The molecule has 1 amide bonds. The Labute approximate surface area is 149 Å². The number of carbonyl (C=O) groups excluding carboxylic acids is 1. The van der Waals surface area contributed by atoms with Crippen LogP contribution in [0.3, 0.4) is 0 Å². The van der Waals surface area contributed by atoms with Gasteiger partial charge in [-0.2, -0.15) is 0 Å². The van der Waals surface area contributed by atoms with Crippen molar-refractivity contribution >= 4 is 16.7 Å². The Morgan fingerprint density at radius 3 is 2.80 bits per heavy atom. The largest absolute Gasteiger partial charge is 0.497 e. The molecule has 0 spiro atoms. The van der Waals surface area contributed by atoms with Crippen molar-refractivity contribution in [2.24, 2.45) is 0 Å². The first-order valence-electron chi connectivity index (χ1n) is 8.76. The van der Waals surface area contributed by atoms with Gasteiger partial charge in [0, 0.05) is 6.54 Å². The minimum atomic E-state index is -0.0730. The van der Waals surface area contributed by atoms with Crippen molar-refractivity contribution in [1.29, 1.82) is 0 Å². The lowest BCUT2D eigenvalue weighted by Gasteiger charge is -2.34. The van der Waals surface area contributed by atoms with Crippen LogP contribution in [-0.2, 0) is 9.53 Å². The van der Waals surface area contributed by atoms with Gasteiger partial charge in [0.1, 0.15) is 11.9 Å². The molecule has 0 aliphatic carbocycles. The van der Waals surface area contributed by atoms with Crippen LogP contribution in [0.2, 0.25) is 0 Å². The number of rotatable bonds is 5. The monoisotopic (exact) mass is 342 g/mol. The summed E-state index contributed by atoms with van der Waals surface area (Å²) in [6, 6.07) is 12.4. The zero-order valence-electron chi connectivity index (χ0n) is 15.2. The Balaban J connectivity index is 1.74. The van der Waals surface area contributed by atoms with Crippen LogP contribution in [0.1, 0.15) is 18.6 Å². The molecule has 0 aromatic heterocycles. The summed E-state index contributed by atoms with van der Waals surface area (Å²) in [6.07, 6.45) is -0.0730. The van der Waals surface area contributed by atoms with Crippen LogP contribution < -0.4 is 4.74 Å². The highest BCUT2D eigenvalue weighted by molar-refractivity contribution is 5.84. The molecule has 3 rings (SSSR count). The summed E-state index contributed by atoms with van der Waals surface area (Å²) in [5.74, 6) is 1.02. The molecule has 5 heteroatoms. The van der Waals surface area contributed by atoms with Gasteiger partial charge in [-0.15, -0.1) is 0 Å². The van der Waals surface area contributed by atoms with Gasteiger partial charge in [0.2, 0.25) is 5.91 Å². The zero-order chi connectivity index (χ0) is 17.8. The van der Waals surface area contributed by atoms with E-state index in [1.165, 1.54) is 0 Å². The molecule has 1 aliphatic heterocycles. The minimum absolute atomic E-state index is 0.0730. The van der Waals surface area contributed by atoms with Gasteiger partial charge in [0.05, 0.1) is 26.8 Å². The standard InChI is InChI=1S/C20H26N2O3/c1-4-21(2)14-20(23)22-9-10-25-19(13-22)17-6-5-16-12-18(24-3)8-7-15(16)11-17/h5-8,11-12,19H,4,9-10,13-14H2,1-3H3. The van der Waals surface area contributed by atoms with Crippen molar-refractivity contribution in [3.05, 3.63) is 42.0 Å². The van der Waals surface area contributed by atoms with E-state index in [1.54, 1.807) is 7.11 Å². The molecule has 0 N–H and O–H groups in total. The van der Waals surface area contributed by atoms with E-state index in [9.17, 15) is 4.79 Å². The molecule has 1 saturated heterocycles. The molecular weight excluding hydrogens is 316 g/mol. The number of ether oxygens (including phenoxy) is 2. The molecule has 1 aliphatic rings. The molecule has 1 fully saturated rings. The van der Waals surface area contributed by atoms with Crippen molar-refractivity contribution < 1.29 is 14.3 Å². The first-order valence-corrected chi connectivity index (χ1v) is 8.76. The SMILES string of the molecule is CCN(C)CC(=O)N1CCOC(c2ccc3cc(OC)ccc3c2)C1. The molecule has 2 aromatic carbocycles. The van der Waals surface area contributed by atoms with E-state index >= 15 is 0 Å². The third-order valence-electron chi connectivity index (χ3n) is 4.81. The van der Waals surface area contributed by atoms with Crippen molar-refractivity contribution in [3.8, 4) is 5.75 Å². The summed E-state index contributed by atoms with van der Waals surface area (Å²) < 4.78 is 11.2. The van der Waals surface area contributed by atoms with Gasteiger partial charge in [-0.1, -0.05) is 25.1 Å². The fourth-order valence-electron chi connectivity index (χ4n) is 3.09.